The number of hydrogen-bond acceptors (Lipinski definition) is 1. The topological polar surface area (TPSA) is 9.23 Å². The molecule has 0 heterocycles. The molecule has 0 spiro atoms. The van der Waals surface area contributed by atoms with Gasteiger partial charge in [-0.3, -0.25) is 0 Å². The molecular formula is C30H42O. The van der Waals surface area contributed by atoms with Crippen molar-refractivity contribution in [1.29, 1.82) is 0 Å². The minimum Gasteiger partial charge on any atom is -0.490 e. The highest BCUT2D eigenvalue weighted by molar-refractivity contribution is 5.84. The van der Waals surface area contributed by atoms with Crippen molar-refractivity contribution in [3.05, 3.63) is 54.1 Å². The summed E-state index contributed by atoms with van der Waals surface area (Å²) in [7, 11) is 0. The summed E-state index contributed by atoms with van der Waals surface area (Å²) in [6.07, 6.45) is 20.1. The molecule has 0 N–H and O–H groups in total. The molecule has 31 heavy (non-hydrogen) atoms. The Morgan fingerprint density at radius 2 is 1.39 bits per heavy atom. The molecule has 2 aromatic rings. The summed E-state index contributed by atoms with van der Waals surface area (Å²) in [5.41, 5.74) is 1.55. The third-order valence-corrected chi connectivity index (χ3v) is 8.26. The molecule has 0 aromatic heterocycles. The van der Waals surface area contributed by atoms with Gasteiger partial charge in [0.1, 0.15) is 12.4 Å². The lowest BCUT2D eigenvalue weighted by Gasteiger charge is -2.32. The number of benzene rings is 2. The second-order valence-corrected chi connectivity index (χ2v) is 10.2. The Morgan fingerprint density at radius 1 is 0.774 bits per heavy atom. The second kappa shape index (κ2) is 11.2. The average Bonchev–Trinajstić information content (AvgIpc) is 2.83. The Bertz CT molecular complexity index is 835. The van der Waals surface area contributed by atoms with Crippen LogP contribution >= 0.6 is 0 Å². The molecule has 2 fully saturated rings. The van der Waals surface area contributed by atoms with E-state index in [0.717, 1.165) is 29.4 Å². The van der Waals surface area contributed by atoms with E-state index in [4.69, 9.17) is 4.74 Å². The van der Waals surface area contributed by atoms with Gasteiger partial charge in [0.25, 0.3) is 0 Å². The van der Waals surface area contributed by atoms with Crippen molar-refractivity contribution in [2.24, 2.45) is 17.8 Å². The lowest BCUT2D eigenvalue weighted by molar-refractivity contribution is 0.227. The van der Waals surface area contributed by atoms with Crippen LogP contribution in [0.4, 0.5) is 0 Å². The quantitative estimate of drug-likeness (QED) is 0.388. The van der Waals surface area contributed by atoms with Crippen LogP contribution in [0.3, 0.4) is 0 Å². The fraction of sp³-hybridized carbons (Fsp3) is 0.600. The minimum absolute atomic E-state index is 0.642. The Hall–Kier alpha value is -1.76. The molecule has 1 nitrogen and oxygen atoms in total. The van der Waals surface area contributed by atoms with Crippen LogP contribution in [-0.4, -0.2) is 6.61 Å². The van der Waals surface area contributed by atoms with Gasteiger partial charge in [-0.05, 0) is 84.7 Å². The largest absolute Gasteiger partial charge is 0.490 e. The van der Waals surface area contributed by atoms with Gasteiger partial charge in [-0.2, -0.15) is 0 Å². The first-order valence-electron chi connectivity index (χ1n) is 13.0. The number of hydrogen-bond donors (Lipinski definition) is 0. The summed E-state index contributed by atoms with van der Waals surface area (Å²) in [5, 5.41) is 2.63. The van der Waals surface area contributed by atoms with Gasteiger partial charge in [-0.15, -0.1) is 0 Å². The van der Waals surface area contributed by atoms with Gasteiger partial charge in [0.2, 0.25) is 0 Å². The highest BCUT2D eigenvalue weighted by Crippen LogP contribution is 2.40. The van der Waals surface area contributed by atoms with Crippen molar-refractivity contribution in [3.63, 3.8) is 0 Å². The Morgan fingerprint density at radius 3 is 2.06 bits per heavy atom. The van der Waals surface area contributed by atoms with E-state index in [1.54, 1.807) is 5.56 Å². The van der Waals surface area contributed by atoms with Crippen molar-refractivity contribution in [2.75, 3.05) is 6.61 Å². The molecule has 2 saturated carbocycles. The highest BCUT2D eigenvalue weighted by Gasteiger charge is 2.25. The first-order chi connectivity index (χ1) is 15.2. The van der Waals surface area contributed by atoms with E-state index in [1.807, 2.05) is 19.1 Å². The van der Waals surface area contributed by atoms with E-state index in [2.05, 4.69) is 43.3 Å². The maximum absolute atomic E-state index is 5.80. The normalized spacial score (nSPS) is 27.0. The zero-order chi connectivity index (χ0) is 21.5. The molecule has 2 aliphatic carbocycles. The molecule has 0 atom stereocenters. The Labute approximate surface area is 190 Å². The average molecular weight is 419 g/mol. The van der Waals surface area contributed by atoms with Crippen LogP contribution in [0.5, 0.6) is 5.75 Å². The summed E-state index contributed by atoms with van der Waals surface area (Å²) in [4.78, 5) is 0. The van der Waals surface area contributed by atoms with Crippen molar-refractivity contribution < 1.29 is 4.74 Å². The van der Waals surface area contributed by atoms with Crippen LogP contribution in [0, 0.1) is 17.8 Å². The van der Waals surface area contributed by atoms with Crippen LogP contribution in [0.1, 0.15) is 96.0 Å². The fourth-order valence-corrected chi connectivity index (χ4v) is 6.01. The number of fused-ring (bicyclic) bond motifs is 1. The molecule has 2 aliphatic rings. The van der Waals surface area contributed by atoms with Crippen LogP contribution < -0.4 is 4.74 Å². The Kier molecular flexibility index (Phi) is 8.11. The summed E-state index contributed by atoms with van der Waals surface area (Å²) in [5.74, 6) is 4.77. The summed E-state index contributed by atoms with van der Waals surface area (Å²) >= 11 is 0. The van der Waals surface area contributed by atoms with Crippen molar-refractivity contribution in [2.45, 2.75) is 90.4 Å². The highest BCUT2D eigenvalue weighted by atomic mass is 16.5. The molecule has 2 aromatic carbocycles. The van der Waals surface area contributed by atoms with E-state index in [1.165, 1.54) is 81.4 Å². The first-order valence-corrected chi connectivity index (χ1v) is 13.0. The van der Waals surface area contributed by atoms with Crippen molar-refractivity contribution in [1.82, 2.24) is 0 Å². The van der Waals surface area contributed by atoms with Crippen LogP contribution in [-0.2, 0) is 0 Å². The van der Waals surface area contributed by atoms with E-state index < -0.39 is 0 Å². The molecule has 4 rings (SSSR count). The standard InChI is InChI=1S/C30H42O/c1-3-5-20-31-30-19-18-28-21-27(16-17-29(28)22-30)26-14-12-25(13-15-26)11-10-24-8-6-23(4-2)7-9-24/h3,5,16-19,21-26H,4,6-15,20H2,1-2H3. The molecule has 0 bridgehead atoms. The first kappa shape index (κ1) is 22.4. The molecular weight excluding hydrogens is 376 g/mol. The van der Waals surface area contributed by atoms with Crippen LogP contribution in [0.25, 0.3) is 10.8 Å². The number of allylic oxidation sites excluding steroid dienone is 1. The molecule has 0 amide bonds. The van der Waals surface area contributed by atoms with E-state index >= 15 is 0 Å². The third kappa shape index (κ3) is 6.15. The van der Waals surface area contributed by atoms with Crippen LogP contribution in [0.2, 0.25) is 0 Å². The lowest BCUT2D eigenvalue weighted by Crippen LogP contribution is -2.17. The van der Waals surface area contributed by atoms with E-state index in [-0.39, 0.29) is 0 Å². The molecule has 0 radical (unpaired) electrons. The number of rotatable bonds is 8. The molecule has 0 aliphatic heterocycles. The summed E-state index contributed by atoms with van der Waals surface area (Å²) < 4.78 is 5.80. The smallest absolute Gasteiger partial charge is 0.120 e. The van der Waals surface area contributed by atoms with Crippen molar-refractivity contribution in [3.8, 4) is 5.75 Å². The van der Waals surface area contributed by atoms with E-state index in [0.29, 0.717) is 6.61 Å². The van der Waals surface area contributed by atoms with Gasteiger partial charge in [0, 0.05) is 0 Å². The maximum atomic E-state index is 5.80. The molecule has 1 heteroatoms. The van der Waals surface area contributed by atoms with E-state index in [9.17, 15) is 0 Å². The summed E-state index contributed by atoms with van der Waals surface area (Å²) in [6.45, 7) is 5.04. The Balaban J connectivity index is 1.26. The van der Waals surface area contributed by atoms with Gasteiger partial charge in [-0.25, -0.2) is 0 Å². The van der Waals surface area contributed by atoms with Gasteiger partial charge in [0.15, 0.2) is 0 Å². The predicted octanol–water partition coefficient (Wildman–Crippen LogP) is 9.07. The van der Waals surface area contributed by atoms with Crippen molar-refractivity contribution >= 4 is 10.8 Å². The maximum Gasteiger partial charge on any atom is 0.120 e. The van der Waals surface area contributed by atoms with Gasteiger partial charge < -0.3 is 4.74 Å². The van der Waals surface area contributed by atoms with Gasteiger partial charge in [0.05, 0.1) is 0 Å². The molecule has 168 valence electrons. The number of ether oxygens (including phenoxy) is 1. The predicted molar refractivity (Wildman–Crippen MR) is 134 cm³/mol. The summed E-state index contributed by atoms with van der Waals surface area (Å²) in [6, 6.07) is 13.6. The van der Waals surface area contributed by atoms with Crippen LogP contribution in [0.15, 0.2) is 48.6 Å². The van der Waals surface area contributed by atoms with Gasteiger partial charge in [-0.1, -0.05) is 88.3 Å². The molecule has 0 saturated heterocycles. The monoisotopic (exact) mass is 418 g/mol. The minimum atomic E-state index is 0.642. The zero-order valence-corrected chi connectivity index (χ0v) is 19.8. The molecule has 0 unspecified atom stereocenters. The SMILES string of the molecule is CC=CCOc1ccc2cc(C3CCC(CCC4CCC(CC)CC4)CC3)ccc2c1. The fourth-order valence-electron chi connectivity index (χ4n) is 6.01. The lowest BCUT2D eigenvalue weighted by atomic mass is 9.74. The zero-order valence-electron chi connectivity index (χ0n) is 19.8. The van der Waals surface area contributed by atoms with Gasteiger partial charge >= 0.3 is 0 Å². The second-order valence-electron chi connectivity index (χ2n) is 10.2. The third-order valence-electron chi connectivity index (χ3n) is 8.26.